The molecule has 1 saturated heterocycles. The van der Waals surface area contributed by atoms with E-state index in [-0.39, 0.29) is 34.6 Å². The van der Waals surface area contributed by atoms with Crippen molar-refractivity contribution in [1.29, 1.82) is 0 Å². The number of sulfone groups is 1. The molecule has 6 nitrogen and oxygen atoms in total. The lowest BCUT2D eigenvalue weighted by atomic mass is 10.1. The lowest BCUT2D eigenvalue weighted by Crippen LogP contribution is -2.37. The summed E-state index contributed by atoms with van der Waals surface area (Å²) in [5, 5.41) is 9.01. The fourth-order valence-electron chi connectivity index (χ4n) is 2.29. The summed E-state index contributed by atoms with van der Waals surface area (Å²) < 4.78 is 23.4. The van der Waals surface area contributed by atoms with Crippen molar-refractivity contribution in [3.8, 4) is 0 Å². The van der Waals surface area contributed by atoms with E-state index < -0.39 is 15.8 Å². The van der Waals surface area contributed by atoms with Crippen LogP contribution in [0.3, 0.4) is 0 Å². The van der Waals surface area contributed by atoms with Crippen LogP contribution in [0.1, 0.15) is 27.1 Å². The van der Waals surface area contributed by atoms with Gasteiger partial charge in [-0.2, -0.15) is 0 Å². The number of hydrogen-bond donors (Lipinski definition) is 1. The summed E-state index contributed by atoms with van der Waals surface area (Å²) in [6.45, 7) is 0. The van der Waals surface area contributed by atoms with Crippen LogP contribution in [0.4, 0.5) is 0 Å². The molecule has 0 bridgehead atoms. The summed E-state index contributed by atoms with van der Waals surface area (Å²) in [5.74, 6) is -1.49. The first-order valence-electron chi connectivity index (χ1n) is 6.21. The van der Waals surface area contributed by atoms with E-state index in [2.05, 4.69) is 15.9 Å². The van der Waals surface area contributed by atoms with E-state index in [4.69, 9.17) is 5.11 Å². The molecule has 2 rings (SSSR count). The molecule has 0 saturated carbocycles. The zero-order valence-electron chi connectivity index (χ0n) is 11.2. The van der Waals surface area contributed by atoms with Crippen LogP contribution in [-0.2, 0) is 9.84 Å². The largest absolute Gasteiger partial charge is 0.478 e. The number of amides is 1. The minimum absolute atomic E-state index is 0.000156. The highest BCUT2D eigenvalue weighted by molar-refractivity contribution is 9.10. The minimum Gasteiger partial charge on any atom is -0.478 e. The van der Waals surface area contributed by atoms with E-state index in [9.17, 15) is 18.0 Å². The molecule has 0 spiro atoms. The van der Waals surface area contributed by atoms with Crippen molar-refractivity contribution in [3.05, 3.63) is 33.8 Å². The molecule has 0 aliphatic carbocycles. The van der Waals surface area contributed by atoms with Crippen molar-refractivity contribution < 1.29 is 23.1 Å². The maximum absolute atomic E-state index is 12.4. The number of halogens is 1. The molecule has 1 aromatic carbocycles. The highest BCUT2D eigenvalue weighted by Gasteiger charge is 2.33. The number of carbonyl (C=O) groups is 2. The van der Waals surface area contributed by atoms with E-state index in [1.165, 1.54) is 30.1 Å². The van der Waals surface area contributed by atoms with Gasteiger partial charge in [0.1, 0.15) is 0 Å². The molecule has 21 heavy (non-hydrogen) atoms. The highest BCUT2D eigenvalue weighted by Crippen LogP contribution is 2.21. The van der Waals surface area contributed by atoms with E-state index >= 15 is 0 Å². The molecule has 114 valence electrons. The second-order valence-corrected chi connectivity index (χ2v) is 8.15. The monoisotopic (exact) mass is 375 g/mol. The lowest BCUT2D eigenvalue weighted by molar-refractivity contribution is 0.0696. The number of benzene rings is 1. The van der Waals surface area contributed by atoms with Gasteiger partial charge in [0.2, 0.25) is 0 Å². The van der Waals surface area contributed by atoms with Gasteiger partial charge in [0.05, 0.1) is 17.1 Å². The molecule has 1 aromatic rings. The number of carboxylic acid groups (broad SMARTS) is 1. The molecule has 1 heterocycles. The van der Waals surface area contributed by atoms with Crippen LogP contribution in [0.15, 0.2) is 22.7 Å². The lowest BCUT2D eigenvalue weighted by Gasteiger charge is -2.23. The molecule has 1 aliphatic rings. The predicted octanol–water partition coefficient (Wildman–Crippen LogP) is 1.41. The van der Waals surface area contributed by atoms with Gasteiger partial charge in [0.15, 0.2) is 9.84 Å². The maximum atomic E-state index is 12.4. The van der Waals surface area contributed by atoms with Gasteiger partial charge in [0.25, 0.3) is 5.91 Å². The quantitative estimate of drug-likeness (QED) is 0.861. The van der Waals surface area contributed by atoms with Gasteiger partial charge in [0, 0.05) is 23.1 Å². The highest BCUT2D eigenvalue weighted by atomic mass is 79.9. The standard InChI is InChI=1S/C13H14BrNO5S/c1-15(11-2-3-21(19,20)7-11)12(16)8-4-9(13(17)18)6-10(14)5-8/h4-6,11H,2-3,7H2,1H3,(H,17,18). The normalized spacial score (nSPS) is 20.2. The Hall–Kier alpha value is -1.41. The molecule has 0 aromatic heterocycles. The molecule has 1 N–H and O–H groups in total. The van der Waals surface area contributed by atoms with Gasteiger partial charge in [-0.15, -0.1) is 0 Å². The Morgan fingerprint density at radius 3 is 2.43 bits per heavy atom. The molecule has 8 heteroatoms. The van der Waals surface area contributed by atoms with Crippen LogP contribution < -0.4 is 0 Å². The van der Waals surface area contributed by atoms with Crippen molar-refractivity contribution in [2.75, 3.05) is 18.6 Å². The van der Waals surface area contributed by atoms with Crippen molar-refractivity contribution in [2.45, 2.75) is 12.5 Å². The smallest absolute Gasteiger partial charge is 0.335 e. The van der Waals surface area contributed by atoms with Gasteiger partial charge in [-0.05, 0) is 24.6 Å². The summed E-state index contributed by atoms with van der Waals surface area (Å²) in [4.78, 5) is 24.8. The second-order valence-electron chi connectivity index (χ2n) is 5.01. The Labute approximate surface area is 130 Å². The van der Waals surface area contributed by atoms with Crippen molar-refractivity contribution in [3.63, 3.8) is 0 Å². The van der Waals surface area contributed by atoms with Crippen LogP contribution in [0.25, 0.3) is 0 Å². The molecule has 1 aliphatic heterocycles. The van der Waals surface area contributed by atoms with Gasteiger partial charge < -0.3 is 10.0 Å². The summed E-state index contributed by atoms with van der Waals surface area (Å²) >= 11 is 3.17. The number of aromatic carboxylic acids is 1. The predicted molar refractivity (Wildman–Crippen MR) is 80.3 cm³/mol. The Morgan fingerprint density at radius 2 is 1.90 bits per heavy atom. The molecule has 1 fully saturated rings. The first kappa shape index (κ1) is 16.0. The third-order valence-electron chi connectivity index (χ3n) is 3.47. The molecule has 1 amide bonds. The average molecular weight is 376 g/mol. The number of nitrogens with zero attached hydrogens (tertiary/aromatic N) is 1. The van der Waals surface area contributed by atoms with Gasteiger partial charge in [-0.25, -0.2) is 13.2 Å². The van der Waals surface area contributed by atoms with Crippen LogP contribution >= 0.6 is 15.9 Å². The fourth-order valence-corrected chi connectivity index (χ4v) is 4.55. The Kier molecular flexibility index (Phi) is 4.38. The molecular formula is C13H14BrNO5S. The summed E-state index contributed by atoms with van der Waals surface area (Å²) in [6, 6.07) is 3.85. The molecule has 1 unspecified atom stereocenters. The van der Waals surface area contributed by atoms with Gasteiger partial charge >= 0.3 is 5.97 Å². The number of carbonyl (C=O) groups excluding carboxylic acids is 1. The third kappa shape index (κ3) is 3.62. The Morgan fingerprint density at radius 1 is 1.29 bits per heavy atom. The van der Waals surface area contributed by atoms with E-state index in [0.29, 0.717) is 10.9 Å². The summed E-state index contributed by atoms with van der Waals surface area (Å²) in [6.07, 6.45) is 0.407. The first-order chi connectivity index (χ1) is 9.69. The van der Waals surface area contributed by atoms with E-state index in [0.717, 1.165) is 0 Å². The van der Waals surface area contributed by atoms with E-state index in [1.54, 1.807) is 0 Å². The average Bonchev–Trinajstić information content (AvgIpc) is 2.76. The summed E-state index contributed by atoms with van der Waals surface area (Å²) in [5.41, 5.74) is 0.216. The van der Waals surface area contributed by atoms with Crippen LogP contribution in [0, 0.1) is 0 Å². The maximum Gasteiger partial charge on any atom is 0.335 e. The van der Waals surface area contributed by atoms with Crippen LogP contribution in [-0.4, -0.2) is 54.9 Å². The number of carboxylic acids is 1. The van der Waals surface area contributed by atoms with Crippen molar-refractivity contribution in [1.82, 2.24) is 4.90 Å². The second kappa shape index (κ2) is 5.76. The zero-order chi connectivity index (χ0) is 15.8. The van der Waals surface area contributed by atoms with Gasteiger partial charge in [-0.3, -0.25) is 4.79 Å². The van der Waals surface area contributed by atoms with Crippen LogP contribution in [0.5, 0.6) is 0 Å². The number of rotatable bonds is 3. The topological polar surface area (TPSA) is 91.8 Å². The van der Waals surface area contributed by atoms with Crippen molar-refractivity contribution in [2.24, 2.45) is 0 Å². The van der Waals surface area contributed by atoms with Crippen molar-refractivity contribution >= 4 is 37.6 Å². The molecule has 0 radical (unpaired) electrons. The molecule has 1 atom stereocenters. The minimum atomic E-state index is -3.08. The zero-order valence-corrected chi connectivity index (χ0v) is 13.6. The Bertz CT molecular complexity index is 701. The molecular weight excluding hydrogens is 362 g/mol. The summed E-state index contributed by atoms with van der Waals surface area (Å²) in [7, 11) is -1.55. The SMILES string of the molecule is CN(C(=O)c1cc(Br)cc(C(=O)O)c1)C1CCS(=O)(=O)C1. The fraction of sp³-hybridized carbons (Fsp3) is 0.385. The third-order valence-corrected chi connectivity index (χ3v) is 5.68. The number of hydrogen-bond acceptors (Lipinski definition) is 4. The van der Waals surface area contributed by atoms with Gasteiger partial charge in [-0.1, -0.05) is 15.9 Å². The Balaban J connectivity index is 2.26. The van der Waals surface area contributed by atoms with E-state index in [1.807, 2.05) is 0 Å². The van der Waals surface area contributed by atoms with Crippen LogP contribution in [0.2, 0.25) is 0 Å². The first-order valence-corrected chi connectivity index (χ1v) is 8.82.